The molecule has 0 saturated heterocycles. The second kappa shape index (κ2) is 8.27. The zero-order valence-electron chi connectivity index (χ0n) is 13.1. The Morgan fingerprint density at radius 1 is 1.12 bits per heavy atom. The van der Waals surface area contributed by atoms with E-state index in [2.05, 4.69) is 10.5 Å². The third-order valence-electron chi connectivity index (χ3n) is 3.39. The van der Waals surface area contributed by atoms with E-state index in [0.717, 1.165) is 24.6 Å². The first-order chi connectivity index (χ1) is 11.5. The summed E-state index contributed by atoms with van der Waals surface area (Å²) < 4.78 is 0. The largest absolute Gasteiger partial charge is 0.769 e. The van der Waals surface area contributed by atoms with Crippen LogP contribution in [0.4, 0.5) is 17.1 Å². The number of benzene rings is 2. The van der Waals surface area contributed by atoms with Gasteiger partial charge in [0.15, 0.2) is 0 Å². The van der Waals surface area contributed by atoms with Crippen LogP contribution in [-0.2, 0) is 6.42 Å². The van der Waals surface area contributed by atoms with Crippen LogP contribution in [0, 0.1) is 10.4 Å². The summed E-state index contributed by atoms with van der Waals surface area (Å²) >= 11 is 0. The number of anilines is 3. The van der Waals surface area contributed by atoms with Gasteiger partial charge in [-0.2, -0.15) is 5.10 Å². The molecule has 0 spiro atoms. The second-order valence-electron chi connectivity index (χ2n) is 5.19. The van der Waals surface area contributed by atoms with E-state index in [1.807, 2.05) is 37.3 Å². The maximum Gasteiger partial charge on any atom is 0.121 e. The molecule has 0 heterocycles. The molecule has 2 aromatic carbocycles. The maximum absolute atomic E-state index is 10.7. The lowest BCUT2D eigenvalue weighted by atomic mass is 10.1. The molecule has 128 valence electrons. The predicted molar refractivity (Wildman–Crippen MR) is 93.2 cm³/mol. The third kappa shape index (κ3) is 4.93. The van der Waals surface area contributed by atoms with Gasteiger partial charge in [0.2, 0.25) is 0 Å². The Morgan fingerprint density at radius 2 is 1.83 bits per heavy atom. The molecule has 3 N–H and O–H groups in total. The van der Waals surface area contributed by atoms with Crippen LogP contribution in [0.1, 0.15) is 18.9 Å². The van der Waals surface area contributed by atoms with Crippen LogP contribution >= 0.6 is 0 Å². The summed E-state index contributed by atoms with van der Waals surface area (Å²) in [5.74, 6) is 0. The highest BCUT2D eigenvalue weighted by atomic mass is 16.8. The van der Waals surface area contributed by atoms with Crippen LogP contribution in [-0.4, -0.2) is 16.1 Å². The fraction of sp³-hybridized carbons (Fsp3) is 0.188. The lowest BCUT2D eigenvalue weighted by Gasteiger charge is -2.37. The first-order valence-electron chi connectivity index (χ1n) is 7.27. The van der Waals surface area contributed by atoms with Crippen molar-refractivity contribution in [1.82, 2.24) is 0 Å². The molecule has 0 aliphatic rings. The summed E-state index contributed by atoms with van der Waals surface area (Å²) in [6.45, 7) is 1.84. The van der Waals surface area contributed by atoms with E-state index in [1.54, 1.807) is 0 Å². The Bertz CT molecular complexity index is 690. The molecule has 0 saturated carbocycles. The van der Waals surface area contributed by atoms with Gasteiger partial charge in [-0.3, -0.25) is 15.8 Å². The minimum atomic E-state index is -0.620. The van der Waals surface area contributed by atoms with Gasteiger partial charge in [0.1, 0.15) is 5.69 Å². The van der Waals surface area contributed by atoms with Gasteiger partial charge in [-0.05, 0) is 43.5 Å². The molecule has 8 nitrogen and oxygen atoms in total. The normalized spacial score (nSPS) is 11.3. The van der Waals surface area contributed by atoms with Crippen LogP contribution in [0.2, 0.25) is 0 Å². The summed E-state index contributed by atoms with van der Waals surface area (Å²) in [5, 5.41) is 43.3. The number of hydrazone groups is 1. The van der Waals surface area contributed by atoms with E-state index in [0.29, 0.717) is 0 Å². The van der Waals surface area contributed by atoms with Gasteiger partial charge >= 0.3 is 0 Å². The molecule has 0 aliphatic carbocycles. The quantitative estimate of drug-likeness (QED) is 0.525. The van der Waals surface area contributed by atoms with Crippen molar-refractivity contribution in [3.8, 4) is 0 Å². The average molecular weight is 330 g/mol. The molecule has 0 aliphatic heterocycles. The standard InChI is InChI=1S/C16H18N4O4/c1-12(7-8-13-5-3-2-4-6-13)17-18-15-10-9-14(19(21)22)11-16(15)20(23)24/h2-6,9-11,18,23-24H,7-8H2,1H3/q-2/b17-12+. The molecule has 24 heavy (non-hydrogen) atoms. The van der Waals surface area contributed by atoms with Crippen molar-refractivity contribution in [2.45, 2.75) is 19.8 Å². The van der Waals surface area contributed by atoms with Crippen LogP contribution in [0.15, 0.2) is 53.6 Å². The smallest absolute Gasteiger partial charge is 0.121 e. The fourth-order valence-corrected chi connectivity index (χ4v) is 2.08. The molecule has 8 heteroatoms. The molecule has 0 fully saturated rings. The Labute approximate surface area is 139 Å². The molecule has 0 unspecified atom stereocenters. The summed E-state index contributed by atoms with van der Waals surface area (Å²) in [4.78, 5) is 0. The van der Waals surface area contributed by atoms with Gasteiger partial charge in [0.25, 0.3) is 0 Å². The molecular weight excluding hydrogens is 312 g/mol. The van der Waals surface area contributed by atoms with Gasteiger partial charge in [-0.1, -0.05) is 30.3 Å². The van der Waals surface area contributed by atoms with Crippen molar-refractivity contribution < 1.29 is 10.4 Å². The highest BCUT2D eigenvalue weighted by molar-refractivity contribution is 5.83. The van der Waals surface area contributed by atoms with Crippen molar-refractivity contribution in [2.24, 2.45) is 5.10 Å². The second-order valence-corrected chi connectivity index (χ2v) is 5.19. The number of aryl methyl sites for hydroxylation is 1. The number of nitrogens with one attached hydrogen (secondary N) is 1. The van der Waals surface area contributed by atoms with E-state index in [-0.39, 0.29) is 22.3 Å². The third-order valence-corrected chi connectivity index (χ3v) is 3.39. The van der Waals surface area contributed by atoms with Crippen molar-refractivity contribution in [1.29, 1.82) is 0 Å². The van der Waals surface area contributed by atoms with Crippen LogP contribution in [0.3, 0.4) is 0 Å². The van der Waals surface area contributed by atoms with Gasteiger partial charge in [0.05, 0.1) is 5.69 Å². The Kier molecular flexibility index (Phi) is 6.10. The van der Waals surface area contributed by atoms with Crippen LogP contribution < -0.4 is 15.9 Å². The van der Waals surface area contributed by atoms with Gasteiger partial charge in [-0.25, -0.2) is 0 Å². The van der Waals surface area contributed by atoms with E-state index < -0.39 is 5.23 Å². The van der Waals surface area contributed by atoms with Gasteiger partial charge < -0.3 is 15.6 Å². The summed E-state index contributed by atoms with van der Waals surface area (Å²) in [6.07, 6.45) is 1.55. The monoisotopic (exact) mass is 330 g/mol. The van der Waals surface area contributed by atoms with Gasteiger partial charge in [-0.15, -0.1) is 5.23 Å². The first kappa shape index (κ1) is 17.7. The molecule has 2 rings (SSSR count). The number of nitrogens with zero attached hydrogens (tertiary/aromatic N) is 3. The minimum absolute atomic E-state index is 0.163. The van der Waals surface area contributed by atoms with E-state index in [4.69, 9.17) is 0 Å². The summed E-state index contributed by atoms with van der Waals surface area (Å²) in [6, 6.07) is 13.6. The molecule has 0 bridgehead atoms. The zero-order chi connectivity index (χ0) is 17.5. The zero-order valence-corrected chi connectivity index (χ0v) is 13.1. The molecule has 0 amide bonds. The number of hydrogen-bond acceptors (Lipinski definition) is 8. The molecular formula is C16H18N4O4-2. The summed E-state index contributed by atoms with van der Waals surface area (Å²) in [7, 11) is 0. The predicted octanol–water partition coefficient (Wildman–Crippen LogP) is 3.49. The molecule has 0 radical (unpaired) electrons. The first-order valence-corrected chi connectivity index (χ1v) is 7.27. The van der Waals surface area contributed by atoms with Crippen molar-refractivity contribution in [2.75, 3.05) is 15.9 Å². The average Bonchev–Trinajstić information content (AvgIpc) is 2.58. The topological polar surface area (TPSA) is 117 Å². The molecule has 2 aromatic rings. The molecule has 0 atom stereocenters. The Hall–Kier alpha value is -2.65. The van der Waals surface area contributed by atoms with Crippen LogP contribution in [0.25, 0.3) is 0 Å². The maximum atomic E-state index is 10.7. The minimum Gasteiger partial charge on any atom is -0.769 e. The van der Waals surface area contributed by atoms with Crippen LogP contribution in [0.5, 0.6) is 0 Å². The highest BCUT2D eigenvalue weighted by Crippen LogP contribution is 2.29. The Morgan fingerprint density at radius 3 is 2.46 bits per heavy atom. The lowest BCUT2D eigenvalue weighted by molar-refractivity contribution is 0.0295. The van der Waals surface area contributed by atoms with Gasteiger partial charge in [0, 0.05) is 11.4 Å². The van der Waals surface area contributed by atoms with E-state index >= 15 is 0 Å². The van der Waals surface area contributed by atoms with Crippen molar-refractivity contribution >= 4 is 22.8 Å². The highest BCUT2D eigenvalue weighted by Gasteiger charge is 2.08. The SMILES string of the molecule is C/C(CCc1ccccc1)=N\Nc1ccc(N([O-])[O-])cc1N(O)O. The lowest BCUT2D eigenvalue weighted by Crippen LogP contribution is -2.14. The Balaban J connectivity index is 2.04. The number of hydrogen-bond donors (Lipinski definition) is 3. The van der Waals surface area contributed by atoms with E-state index in [1.165, 1.54) is 17.7 Å². The van der Waals surface area contributed by atoms with E-state index in [9.17, 15) is 20.8 Å². The van der Waals surface area contributed by atoms with Crippen molar-refractivity contribution in [3.63, 3.8) is 0 Å². The fourth-order valence-electron chi connectivity index (χ4n) is 2.08. The molecule has 0 aromatic heterocycles. The number of rotatable bonds is 7. The van der Waals surface area contributed by atoms with Crippen molar-refractivity contribution in [3.05, 3.63) is 64.5 Å². The summed E-state index contributed by atoms with van der Waals surface area (Å²) in [5.41, 5.74) is 4.53.